The van der Waals surface area contributed by atoms with Crippen LogP contribution in [0.4, 0.5) is 0 Å². The van der Waals surface area contributed by atoms with Crippen molar-refractivity contribution < 1.29 is 10.1 Å². The maximum atomic E-state index is 11.9. The molecule has 1 atom stereocenters. The molecule has 1 aromatic carbocycles. The molecule has 0 bridgehead atoms. The summed E-state index contributed by atoms with van der Waals surface area (Å²) in [5.41, 5.74) is 0.931. The van der Waals surface area contributed by atoms with E-state index in [4.69, 9.17) is 34.8 Å². The minimum atomic E-state index is -1.57. The smallest absolute Gasteiger partial charge is 0.262 e. The van der Waals surface area contributed by atoms with Crippen LogP contribution in [0.3, 0.4) is 0 Å². The van der Waals surface area contributed by atoms with Gasteiger partial charge in [-0.25, -0.2) is 0 Å². The predicted octanol–water partition coefficient (Wildman–Crippen LogP) is 2.48. The highest BCUT2D eigenvalue weighted by atomic mass is 35.6. The molecule has 0 radical (unpaired) electrons. The molecule has 0 aliphatic heterocycles. The van der Waals surface area contributed by atoms with E-state index < -0.39 is 9.96 Å². The summed E-state index contributed by atoms with van der Waals surface area (Å²) in [7, 11) is 0. The molecule has 0 saturated heterocycles. The summed E-state index contributed by atoms with van der Waals surface area (Å²) in [5.74, 6) is -0.304. The Bertz CT molecular complexity index is 455. The molecule has 3 nitrogen and oxygen atoms in total. The molecule has 110 valence electrons. The summed E-state index contributed by atoms with van der Waals surface area (Å²) in [6.45, 7) is 3.91. The van der Waals surface area contributed by atoms with Gasteiger partial charge in [-0.1, -0.05) is 65.1 Å². The second kappa shape index (κ2) is 7.89. The van der Waals surface area contributed by atoms with Crippen LogP contribution in [0, 0.1) is 0 Å². The predicted molar refractivity (Wildman–Crippen MR) is 84.8 cm³/mol. The van der Waals surface area contributed by atoms with Gasteiger partial charge in [-0.3, -0.25) is 10.1 Å². The average Bonchev–Trinajstić information content (AvgIpc) is 2.35. The number of nitrogens with one attached hydrogen (secondary N) is 1. The Morgan fingerprint density at radius 3 is 2.35 bits per heavy atom. The molecule has 0 aliphatic rings. The number of carbonyl (C=O) groups excluding carboxylic acids is 1. The third kappa shape index (κ3) is 6.62. The van der Waals surface area contributed by atoms with E-state index in [-0.39, 0.29) is 11.9 Å². The van der Waals surface area contributed by atoms with Gasteiger partial charge in [0.05, 0.1) is 6.04 Å². The third-order valence-electron chi connectivity index (χ3n) is 2.45. The Kier molecular flexibility index (Phi) is 6.83. The van der Waals surface area contributed by atoms with Crippen molar-refractivity contribution in [3.05, 3.63) is 42.0 Å². The second-order valence-corrected chi connectivity index (χ2v) is 7.08. The number of nitrogens with two attached hydrogens (primary N) is 1. The van der Waals surface area contributed by atoms with Crippen LogP contribution >= 0.6 is 34.8 Å². The molecule has 1 aromatic rings. The van der Waals surface area contributed by atoms with E-state index in [1.54, 1.807) is 11.4 Å². The Hall–Kier alpha value is -0.740. The number of halogens is 3. The molecule has 0 aromatic heterocycles. The first-order valence-corrected chi connectivity index (χ1v) is 7.38. The molecular formula is C14H18Cl3N2O+. The highest BCUT2D eigenvalue weighted by Gasteiger charge is 2.37. The van der Waals surface area contributed by atoms with Crippen molar-refractivity contribution in [1.82, 2.24) is 5.32 Å². The summed E-state index contributed by atoms with van der Waals surface area (Å²) < 4.78 is -1.57. The molecule has 6 heteroatoms. The van der Waals surface area contributed by atoms with E-state index in [2.05, 4.69) is 5.32 Å². The fourth-order valence-corrected chi connectivity index (χ4v) is 1.94. The van der Waals surface area contributed by atoms with Gasteiger partial charge in [0.2, 0.25) is 12.1 Å². The number of quaternary nitrogens is 1. The van der Waals surface area contributed by atoms with Crippen LogP contribution in [-0.4, -0.2) is 21.9 Å². The molecule has 0 aliphatic carbocycles. The van der Waals surface area contributed by atoms with Gasteiger partial charge in [-0.15, -0.1) is 0 Å². The SMILES string of the molecule is CC(C)[NH2+][C@@H](NC(=O)/C=C/c1ccccc1)C(Cl)(Cl)Cl. The molecule has 0 heterocycles. The minimum Gasteiger partial charge on any atom is -0.321 e. The van der Waals surface area contributed by atoms with Crippen LogP contribution < -0.4 is 10.6 Å². The van der Waals surface area contributed by atoms with E-state index in [9.17, 15) is 4.79 Å². The van der Waals surface area contributed by atoms with Crippen molar-refractivity contribution in [2.45, 2.75) is 29.8 Å². The lowest BCUT2D eigenvalue weighted by atomic mass is 10.2. The Morgan fingerprint density at radius 2 is 1.85 bits per heavy atom. The van der Waals surface area contributed by atoms with E-state index in [0.29, 0.717) is 0 Å². The van der Waals surface area contributed by atoms with Crippen molar-refractivity contribution in [3.8, 4) is 0 Å². The van der Waals surface area contributed by atoms with Gasteiger partial charge in [0.25, 0.3) is 3.79 Å². The number of hydrogen-bond donors (Lipinski definition) is 2. The van der Waals surface area contributed by atoms with Crippen LogP contribution in [0.1, 0.15) is 19.4 Å². The second-order valence-electron chi connectivity index (χ2n) is 4.71. The number of carbonyl (C=O) groups is 1. The molecule has 3 N–H and O–H groups in total. The van der Waals surface area contributed by atoms with Gasteiger partial charge < -0.3 is 5.32 Å². The Morgan fingerprint density at radius 1 is 1.25 bits per heavy atom. The Labute approximate surface area is 134 Å². The fraction of sp³-hybridized carbons (Fsp3) is 0.357. The number of hydrogen-bond acceptors (Lipinski definition) is 1. The van der Waals surface area contributed by atoms with E-state index in [1.165, 1.54) is 6.08 Å². The van der Waals surface area contributed by atoms with Gasteiger partial charge in [0, 0.05) is 6.08 Å². The molecule has 0 spiro atoms. The summed E-state index contributed by atoms with van der Waals surface area (Å²) in [4.78, 5) is 11.9. The minimum absolute atomic E-state index is 0.189. The first-order chi connectivity index (χ1) is 9.29. The van der Waals surface area contributed by atoms with Crippen LogP contribution in [-0.2, 0) is 4.79 Å². The van der Waals surface area contributed by atoms with Gasteiger partial charge in [-0.2, -0.15) is 0 Å². The van der Waals surface area contributed by atoms with Gasteiger partial charge in [0.15, 0.2) is 0 Å². The van der Waals surface area contributed by atoms with Crippen molar-refractivity contribution in [3.63, 3.8) is 0 Å². The molecular weight excluding hydrogens is 319 g/mol. The molecule has 20 heavy (non-hydrogen) atoms. The Balaban J connectivity index is 2.65. The first-order valence-electron chi connectivity index (χ1n) is 6.24. The highest BCUT2D eigenvalue weighted by molar-refractivity contribution is 6.68. The molecule has 1 amide bonds. The number of amides is 1. The monoisotopic (exact) mass is 335 g/mol. The van der Waals surface area contributed by atoms with Gasteiger partial charge in [0.1, 0.15) is 0 Å². The van der Waals surface area contributed by atoms with Crippen molar-refractivity contribution in [1.29, 1.82) is 0 Å². The molecule has 1 rings (SSSR count). The summed E-state index contributed by atoms with van der Waals surface area (Å²) in [6.07, 6.45) is 2.49. The molecule has 0 unspecified atom stereocenters. The van der Waals surface area contributed by atoms with Crippen LogP contribution in [0.2, 0.25) is 0 Å². The van der Waals surface area contributed by atoms with Crippen LogP contribution in [0.25, 0.3) is 6.08 Å². The quantitative estimate of drug-likeness (QED) is 0.484. The highest BCUT2D eigenvalue weighted by Crippen LogP contribution is 2.27. The standard InChI is InChI=1S/C14H17Cl3N2O/c1-10(2)18-13(14(15,16)17)19-12(20)9-8-11-6-4-3-5-7-11/h3-10,13,18H,1-2H3,(H,19,20)/p+1/b9-8+/t13-/m0/s1. The summed E-state index contributed by atoms with van der Waals surface area (Å²) >= 11 is 17.6. The molecule has 0 saturated carbocycles. The fourth-order valence-electron chi connectivity index (χ4n) is 1.56. The number of benzene rings is 1. The van der Waals surface area contributed by atoms with Crippen molar-refractivity contribution in [2.75, 3.05) is 0 Å². The maximum absolute atomic E-state index is 11.9. The van der Waals surface area contributed by atoms with Crippen molar-refractivity contribution >= 4 is 46.8 Å². The largest absolute Gasteiger partial charge is 0.321 e. The summed E-state index contributed by atoms with van der Waals surface area (Å²) in [5, 5.41) is 4.47. The van der Waals surface area contributed by atoms with Crippen LogP contribution in [0.5, 0.6) is 0 Å². The van der Waals surface area contributed by atoms with Crippen LogP contribution in [0.15, 0.2) is 36.4 Å². The number of rotatable bonds is 5. The average molecular weight is 337 g/mol. The normalized spacial score (nSPS) is 13.7. The third-order valence-corrected chi connectivity index (χ3v) is 3.16. The first kappa shape index (κ1) is 17.3. The lowest BCUT2D eigenvalue weighted by molar-refractivity contribution is -0.717. The van der Waals surface area contributed by atoms with Gasteiger partial charge >= 0.3 is 0 Å². The van der Waals surface area contributed by atoms with E-state index >= 15 is 0 Å². The zero-order valence-corrected chi connectivity index (χ0v) is 13.6. The topological polar surface area (TPSA) is 45.7 Å². The van der Waals surface area contributed by atoms with E-state index in [1.807, 2.05) is 44.2 Å². The lowest BCUT2D eigenvalue weighted by Crippen LogP contribution is -2.99. The summed E-state index contributed by atoms with van der Waals surface area (Å²) in [6, 6.07) is 9.69. The lowest BCUT2D eigenvalue weighted by Gasteiger charge is -2.24. The number of alkyl halides is 3. The maximum Gasteiger partial charge on any atom is 0.262 e. The zero-order chi connectivity index (χ0) is 15.2. The van der Waals surface area contributed by atoms with Crippen molar-refractivity contribution in [2.24, 2.45) is 0 Å². The van der Waals surface area contributed by atoms with E-state index in [0.717, 1.165) is 5.56 Å². The molecule has 0 fully saturated rings. The van der Waals surface area contributed by atoms with Gasteiger partial charge in [-0.05, 0) is 25.5 Å². The zero-order valence-electron chi connectivity index (χ0n) is 11.3.